The Morgan fingerprint density at radius 1 is 1.29 bits per heavy atom. The van der Waals surface area contributed by atoms with Crippen LogP contribution in [0.15, 0.2) is 40.9 Å². The molecular formula is C20H20BrN3O2S2. The van der Waals surface area contributed by atoms with Crippen LogP contribution in [0.4, 0.5) is 5.13 Å². The first-order chi connectivity index (χ1) is 13.5. The minimum Gasteiger partial charge on any atom is -0.496 e. The largest absolute Gasteiger partial charge is 0.496 e. The Morgan fingerprint density at radius 3 is 2.82 bits per heavy atom. The van der Waals surface area contributed by atoms with Crippen LogP contribution in [0.2, 0.25) is 0 Å². The van der Waals surface area contributed by atoms with Gasteiger partial charge in [-0.25, -0.2) is 4.98 Å². The van der Waals surface area contributed by atoms with Gasteiger partial charge in [0.05, 0.1) is 21.8 Å². The van der Waals surface area contributed by atoms with E-state index in [1.807, 2.05) is 6.07 Å². The van der Waals surface area contributed by atoms with Crippen LogP contribution < -0.4 is 15.4 Å². The van der Waals surface area contributed by atoms with Crippen molar-refractivity contribution in [2.75, 3.05) is 12.4 Å². The maximum atomic E-state index is 12.4. The molecule has 1 aromatic heterocycles. The summed E-state index contributed by atoms with van der Waals surface area (Å²) in [7, 11) is 1.57. The van der Waals surface area contributed by atoms with Crippen LogP contribution in [0.5, 0.6) is 5.75 Å². The van der Waals surface area contributed by atoms with Gasteiger partial charge in [-0.2, -0.15) is 0 Å². The predicted molar refractivity (Wildman–Crippen MR) is 123 cm³/mol. The molecule has 2 aromatic carbocycles. The highest BCUT2D eigenvalue weighted by molar-refractivity contribution is 9.10. The molecule has 1 amide bonds. The standard InChI is InChI=1S/C20H20BrN3O2S2/c1-3-4-5-12-6-8-15-17(10-12)28-20(22-15)24-19(27)23-18(25)13-7-9-16(26-2)14(21)11-13/h6-11H,3-5H2,1-2H3,(H2,22,23,24,25,27). The third kappa shape index (κ3) is 5.06. The van der Waals surface area contributed by atoms with E-state index in [9.17, 15) is 4.79 Å². The Labute approximate surface area is 181 Å². The lowest BCUT2D eigenvalue weighted by molar-refractivity contribution is 0.0977. The minimum atomic E-state index is -0.302. The number of anilines is 1. The van der Waals surface area contributed by atoms with Gasteiger partial charge >= 0.3 is 0 Å². The molecule has 3 rings (SSSR count). The number of nitrogens with one attached hydrogen (secondary N) is 2. The number of fused-ring (bicyclic) bond motifs is 1. The van der Waals surface area contributed by atoms with E-state index < -0.39 is 0 Å². The summed E-state index contributed by atoms with van der Waals surface area (Å²) >= 11 is 10.2. The molecule has 0 unspecified atom stereocenters. The van der Waals surface area contributed by atoms with E-state index in [2.05, 4.69) is 50.6 Å². The van der Waals surface area contributed by atoms with E-state index in [1.54, 1.807) is 25.3 Å². The van der Waals surface area contributed by atoms with Crippen molar-refractivity contribution in [3.63, 3.8) is 0 Å². The van der Waals surface area contributed by atoms with Gasteiger partial charge < -0.3 is 10.1 Å². The number of amides is 1. The molecule has 0 bridgehead atoms. The number of carbonyl (C=O) groups is 1. The van der Waals surface area contributed by atoms with Gasteiger partial charge in [0.15, 0.2) is 10.2 Å². The topological polar surface area (TPSA) is 63.2 Å². The number of thiazole rings is 1. The van der Waals surface area contributed by atoms with E-state index in [0.29, 0.717) is 20.9 Å². The zero-order valence-electron chi connectivity index (χ0n) is 15.5. The number of benzene rings is 2. The van der Waals surface area contributed by atoms with Crippen molar-refractivity contribution < 1.29 is 9.53 Å². The number of nitrogens with zero attached hydrogens (tertiary/aromatic N) is 1. The number of thiocarbonyl (C=S) groups is 1. The van der Waals surface area contributed by atoms with E-state index in [-0.39, 0.29) is 11.0 Å². The zero-order valence-corrected chi connectivity index (χ0v) is 18.8. The highest BCUT2D eigenvalue weighted by Gasteiger charge is 2.12. The smallest absolute Gasteiger partial charge is 0.257 e. The Balaban J connectivity index is 1.65. The van der Waals surface area contributed by atoms with Crippen LogP contribution in [0.1, 0.15) is 35.7 Å². The molecule has 0 spiro atoms. The zero-order chi connectivity index (χ0) is 20.1. The SMILES string of the molecule is CCCCc1ccc2nc(NC(=S)NC(=O)c3ccc(OC)c(Br)c3)sc2c1. The van der Waals surface area contributed by atoms with Gasteiger partial charge in [0.1, 0.15) is 5.75 Å². The van der Waals surface area contributed by atoms with Crippen molar-refractivity contribution in [1.29, 1.82) is 0 Å². The summed E-state index contributed by atoms with van der Waals surface area (Å²) in [6, 6.07) is 11.4. The van der Waals surface area contributed by atoms with Gasteiger partial charge in [-0.15, -0.1) is 0 Å². The normalized spacial score (nSPS) is 10.7. The second-order valence-corrected chi connectivity index (χ2v) is 8.48. The molecule has 8 heteroatoms. The molecule has 1 heterocycles. The van der Waals surface area contributed by atoms with Crippen LogP contribution in [-0.2, 0) is 6.42 Å². The molecule has 0 saturated carbocycles. The number of unbranched alkanes of at least 4 members (excludes halogenated alkanes) is 1. The van der Waals surface area contributed by atoms with Crippen LogP contribution in [0.25, 0.3) is 10.2 Å². The summed E-state index contributed by atoms with van der Waals surface area (Å²) < 4.78 is 6.98. The molecule has 28 heavy (non-hydrogen) atoms. The van der Waals surface area contributed by atoms with Crippen molar-refractivity contribution in [2.24, 2.45) is 0 Å². The lowest BCUT2D eigenvalue weighted by Gasteiger charge is -2.09. The highest BCUT2D eigenvalue weighted by Crippen LogP contribution is 2.28. The first-order valence-electron chi connectivity index (χ1n) is 8.85. The van der Waals surface area contributed by atoms with E-state index in [1.165, 1.54) is 29.7 Å². The number of ether oxygens (including phenoxy) is 1. The molecule has 0 aliphatic heterocycles. The quantitative estimate of drug-likeness (QED) is 0.456. The highest BCUT2D eigenvalue weighted by atomic mass is 79.9. The summed E-state index contributed by atoms with van der Waals surface area (Å²) in [5.41, 5.74) is 2.70. The number of hydrogen-bond donors (Lipinski definition) is 2. The number of methoxy groups -OCH3 is 1. The first kappa shape index (κ1) is 20.7. The van der Waals surface area contributed by atoms with Crippen molar-refractivity contribution >= 4 is 65.9 Å². The Morgan fingerprint density at radius 2 is 2.11 bits per heavy atom. The van der Waals surface area contributed by atoms with E-state index in [4.69, 9.17) is 17.0 Å². The van der Waals surface area contributed by atoms with E-state index >= 15 is 0 Å². The van der Waals surface area contributed by atoms with Gasteiger partial charge in [0, 0.05) is 5.56 Å². The number of aryl methyl sites for hydroxylation is 1. The third-order valence-electron chi connectivity index (χ3n) is 4.13. The first-order valence-corrected chi connectivity index (χ1v) is 10.9. The fraction of sp³-hybridized carbons (Fsp3) is 0.250. The molecule has 0 aliphatic rings. The summed E-state index contributed by atoms with van der Waals surface area (Å²) in [6.07, 6.45) is 3.41. The number of carbonyl (C=O) groups excluding carboxylic acids is 1. The van der Waals surface area contributed by atoms with Gasteiger partial charge in [-0.05, 0) is 76.9 Å². The molecule has 0 saturated heterocycles. The lowest BCUT2D eigenvalue weighted by Crippen LogP contribution is -2.34. The van der Waals surface area contributed by atoms with Gasteiger partial charge in [-0.1, -0.05) is 30.7 Å². The van der Waals surface area contributed by atoms with Gasteiger partial charge in [0.25, 0.3) is 5.91 Å². The van der Waals surface area contributed by atoms with Crippen molar-refractivity contribution in [3.8, 4) is 5.75 Å². The molecule has 2 N–H and O–H groups in total. The van der Waals surface area contributed by atoms with Crippen LogP contribution in [0, 0.1) is 0 Å². The predicted octanol–water partition coefficient (Wildman–Crippen LogP) is 5.54. The Hall–Kier alpha value is -2.03. The van der Waals surface area contributed by atoms with Gasteiger partial charge in [0.2, 0.25) is 0 Å². The number of halogens is 1. The summed E-state index contributed by atoms with van der Waals surface area (Å²) in [4.78, 5) is 16.9. The number of rotatable bonds is 6. The van der Waals surface area contributed by atoms with Crippen molar-refractivity contribution in [2.45, 2.75) is 26.2 Å². The minimum absolute atomic E-state index is 0.210. The van der Waals surface area contributed by atoms with Crippen LogP contribution in [0.3, 0.4) is 0 Å². The summed E-state index contributed by atoms with van der Waals surface area (Å²) in [5.74, 6) is 0.355. The fourth-order valence-electron chi connectivity index (χ4n) is 2.67. The van der Waals surface area contributed by atoms with Crippen LogP contribution in [-0.4, -0.2) is 23.1 Å². The Kier molecular flexibility index (Phi) is 6.98. The molecule has 0 fully saturated rings. The molecule has 146 valence electrons. The van der Waals surface area contributed by atoms with Crippen LogP contribution >= 0.6 is 39.5 Å². The summed E-state index contributed by atoms with van der Waals surface area (Å²) in [6.45, 7) is 2.19. The molecule has 5 nitrogen and oxygen atoms in total. The fourth-order valence-corrected chi connectivity index (χ4v) is 4.40. The second-order valence-electron chi connectivity index (χ2n) is 6.18. The number of aromatic nitrogens is 1. The monoisotopic (exact) mass is 477 g/mol. The average Bonchev–Trinajstić information content (AvgIpc) is 3.07. The van der Waals surface area contributed by atoms with Crippen molar-refractivity contribution in [3.05, 3.63) is 52.0 Å². The maximum Gasteiger partial charge on any atom is 0.257 e. The Bertz CT molecular complexity index is 1020. The second kappa shape index (κ2) is 9.45. The maximum absolute atomic E-state index is 12.4. The molecule has 0 radical (unpaired) electrons. The van der Waals surface area contributed by atoms with Crippen molar-refractivity contribution in [1.82, 2.24) is 10.3 Å². The average molecular weight is 478 g/mol. The number of hydrogen-bond acceptors (Lipinski definition) is 5. The molecular weight excluding hydrogens is 458 g/mol. The lowest BCUT2D eigenvalue weighted by atomic mass is 10.1. The molecule has 0 atom stereocenters. The third-order valence-corrected chi connectivity index (χ3v) is 5.89. The van der Waals surface area contributed by atoms with E-state index in [0.717, 1.165) is 16.6 Å². The summed E-state index contributed by atoms with van der Waals surface area (Å²) in [5, 5.41) is 6.55. The van der Waals surface area contributed by atoms with Gasteiger partial charge in [-0.3, -0.25) is 10.1 Å². The molecule has 0 aliphatic carbocycles. The molecule has 3 aromatic rings.